The highest BCUT2D eigenvalue weighted by atomic mass is 19.2. The number of halogens is 2. The second kappa shape index (κ2) is 20.5. The fourth-order valence-electron chi connectivity index (χ4n) is 8.24. The lowest BCUT2D eigenvalue weighted by molar-refractivity contribution is -0.141. The van der Waals surface area contributed by atoms with Crippen LogP contribution in [-0.4, -0.2) is 96.8 Å². The molecule has 0 saturated carbocycles. The van der Waals surface area contributed by atoms with Crippen molar-refractivity contribution in [2.24, 2.45) is 10.8 Å². The Hall–Kier alpha value is -5.86. The number of methoxy groups -OCH3 is 2. The van der Waals surface area contributed by atoms with E-state index in [0.717, 1.165) is 34.4 Å². The molecule has 2 aliphatic rings. The van der Waals surface area contributed by atoms with Crippen LogP contribution in [0.15, 0.2) is 66.7 Å². The number of amides is 4. The van der Waals surface area contributed by atoms with Gasteiger partial charge in [0.1, 0.15) is 12.1 Å². The normalized spacial score (nSPS) is 17.4. The van der Waals surface area contributed by atoms with E-state index in [-0.39, 0.29) is 36.2 Å². The van der Waals surface area contributed by atoms with Crippen molar-refractivity contribution in [3.8, 4) is 0 Å². The Morgan fingerprint density at radius 3 is 1.35 bits per heavy atom. The maximum Gasteiger partial charge on any atom is 0.407 e. The molecule has 2 N–H and O–H groups in total. The smallest absolute Gasteiger partial charge is 0.407 e. The van der Waals surface area contributed by atoms with Crippen molar-refractivity contribution in [1.82, 2.24) is 20.4 Å². The first-order valence-corrected chi connectivity index (χ1v) is 21.4. The van der Waals surface area contributed by atoms with E-state index in [4.69, 9.17) is 9.47 Å². The average Bonchev–Trinajstić information content (AvgIpc) is 3.94. The topological polar surface area (TPSA) is 155 Å². The molecular formula is C48H61F2N5O8. The SMILES string of the molecule is COC(=O)N[C@H](C(=O)N1CCC[C@H]1C(=O)Cc1ccc(CN(Cc2ccc(CC(=O)[C@@H]3CCCN3C(=O)[C@@H](NC(=O)OC)C(C)(C)C)cc2)c2ccc(F)c(F)c2)cc1)C(C)(C)C. The predicted molar refractivity (Wildman–Crippen MR) is 234 cm³/mol. The van der Waals surface area contributed by atoms with Gasteiger partial charge in [0, 0.05) is 50.8 Å². The van der Waals surface area contributed by atoms with Gasteiger partial charge in [-0.2, -0.15) is 0 Å². The van der Waals surface area contributed by atoms with Gasteiger partial charge in [0.05, 0.1) is 26.3 Å². The molecule has 63 heavy (non-hydrogen) atoms. The summed E-state index contributed by atoms with van der Waals surface area (Å²) in [6, 6.07) is 15.6. The number of Topliss-reactive ketones (excluding diaryl/α,β-unsaturated/α-hetero) is 2. The largest absolute Gasteiger partial charge is 0.453 e. The van der Waals surface area contributed by atoms with Gasteiger partial charge in [0.25, 0.3) is 0 Å². The van der Waals surface area contributed by atoms with E-state index in [1.165, 1.54) is 20.3 Å². The fraction of sp³-hybridized carbons (Fsp3) is 0.500. The summed E-state index contributed by atoms with van der Waals surface area (Å²) in [5.74, 6) is -2.82. The minimum absolute atomic E-state index is 0.0974. The van der Waals surface area contributed by atoms with Crippen LogP contribution in [0.25, 0.3) is 0 Å². The number of rotatable bonds is 15. The predicted octanol–water partition coefficient (Wildman–Crippen LogP) is 6.92. The number of hydrogen-bond donors (Lipinski definition) is 2. The van der Waals surface area contributed by atoms with Gasteiger partial charge >= 0.3 is 12.2 Å². The highest BCUT2D eigenvalue weighted by molar-refractivity contribution is 5.95. The minimum atomic E-state index is -0.983. The van der Waals surface area contributed by atoms with E-state index < -0.39 is 58.8 Å². The van der Waals surface area contributed by atoms with Crippen LogP contribution in [0.1, 0.15) is 89.5 Å². The van der Waals surface area contributed by atoms with E-state index >= 15 is 0 Å². The number of hydrogen-bond acceptors (Lipinski definition) is 9. The van der Waals surface area contributed by atoms with Crippen molar-refractivity contribution in [3.63, 3.8) is 0 Å². The molecular weight excluding hydrogens is 813 g/mol. The quantitative estimate of drug-likeness (QED) is 0.166. The third-order valence-electron chi connectivity index (χ3n) is 11.8. The Balaban J connectivity index is 1.25. The summed E-state index contributed by atoms with van der Waals surface area (Å²) in [6.45, 7) is 12.5. The summed E-state index contributed by atoms with van der Waals surface area (Å²) in [7, 11) is 2.46. The van der Waals surface area contributed by atoms with Crippen molar-refractivity contribution in [3.05, 3.63) is 101 Å². The van der Waals surface area contributed by atoms with E-state index in [1.54, 1.807) is 9.80 Å². The lowest BCUT2D eigenvalue weighted by atomic mass is 9.85. The van der Waals surface area contributed by atoms with E-state index in [1.807, 2.05) is 95.0 Å². The van der Waals surface area contributed by atoms with Crippen LogP contribution in [0.5, 0.6) is 0 Å². The number of likely N-dealkylation sites (tertiary alicyclic amines) is 2. The third kappa shape index (κ3) is 12.4. The number of ether oxygens (including phenoxy) is 2. The summed E-state index contributed by atoms with van der Waals surface area (Å²) in [5, 5.41) is 5.28. The van der Waals surface area contributed by atoms with Gasteiger partial charge in [-0.15, -0.1) is 0 Å². The van der Waals surface area contributed by atoms with Crippen molar-refractivity contribution >= 4 is 41.3 Å². The molecule has 2 fully saturated rings. The van der Waals surface area contributed by atoms with Gasteiger partial charge in [0.15, 0.2) is 23.2 Å². The molecule has 4 amide bonds. The molecule has 3 aromatic carbocycles. The van der Waals surface area contributed by atoms with E-state index in [9.17, 15) is 37.5 Å². The van der Waals surface area contributed by atoms with Crippen molar-refractivity contribution in [1.29, 1.82) is 0 Å². The first-order chi connectivity index (χ1) is 29.7. The van der Waals surface area contributed by atoms with Crippen LogP contribution in [-0.2, 0) is 54.6 Å². The number of carbonyl (C=O) groups is 6. The van der Waals surface area contributed by atoms with Gasteiger partial charge in [-0.25, -0.2) is 18.4 Å². The molecule has 0 aliphatic carbocycles. The van der Waals surface area contributed by atoms with Crippen molar-refractivity contribution < 1.29 is 47.0 Å². The third-order valence-corrected chi connectivity index (χ3v) is 11.8. The molecule has 2 saturated heterocycles. The Kier molecular flexibility index (Phi) is 15.7. The van der Waals surface area contributed by atoms with E-state index in [2.05, 4.69) is 10.6 Å². The van der Waals surface area contributed by atoms with Crippen LogP contribution in [0.3, 0.4) is 0 Å². The molecule has 0 bridgehead atoms. The minimum Gasteiger partial charge on any atom is -0.453 e. The summed E-state index contributed by atoms with van der Waals surface area (Å²) < 4.78 is 38.1. The van der Waals surface area contributed by atoms with Crippen LogP contribution < -0.4 is 15.5 Å². The highest BCUT2D eigenvalue weighted by Crippen LogP contribution is 2.29. The molecule has 3 aromatic rings. The van der Waals surface area contributed by atoms with Gasteiger partial charge in [0.2, 0.25) is 11.8 Å². The Labute approximate surface area is 368 Å². The maximum atomic E-state index is 14.6. The molecule has 15 heteroatoms. The standard InChI is InChI=1S/C48H61F2N5O8/c1-47(2,3)41(51-45(60)62-7)43(58)54-23-9-11-37(54)39(56)25-30-13-17-32(18-14-30)28-53(34-21-22-35(49)36(50)27-34)29-33-19-15-31(16-20-33)26-40(57)38-12-10-24-55(38)44(59)42(48(4,5)6)52-46(61)63-8/h13-22,27,37-38,41-42H,9-12,23-26,28-29H2,1-8H3,(H,51,60)(H,52,61)/t37-,38-,41+,42+/m0/s1. The number of alkyl carbamates (subject to hydrolysis) is 2. The van der Waals surface area contributed by atoms with Gasteiger partial charge < -0.3 is 34.8 Å². The number of anilines is 1. The molecule has 2 aliphatic heterocycles. The first kappa shape index (κ1) is 48.2. The zero-order valence-electron chi connectivity index (χ0n) is 37.6. The zero-order valence-corrected chi connectivity index (χ0v) is 37.6. The number of nitrogens with one attached hydrogen (secondary N) is 2. The van der Waals surface area contributed by atoms with E-state index in [0.29, 0.717) is 57.5 Å². The molecule has 0 aromatic heterocycles. The lowest BCUT2D eigenvalue weighted by Crippen LogP contribution is -2.56. The van der Waals surface area contributed by atoms with Crippen LogP contribution >= 0.6 is 0 Å². The van der Waals surface area contributed by atoms with Crippen LogP contribution in [0.2, 0.25) is 0 Å². The monoisotopic (exact) mass is 873 g/mol. The van der Waals surface area contributed by atoms with Gasteiger partial charge in [-0.1, -0.05) is 90.1 Å². The summed E-state index contributed by atoms with van der Waals surface area (Å²) in [6.07, 6.45) is 1.12. The summed E-state index contributed by atoms with van der Waals surface area (Å²) >= 11 is 0. The summed E-state index contributed by atoms with van der Waals surface area (Å²) in [5.41, 5.74) is 2.42. The molecule has 0 unspecified atom stereocenters. The molecule has 2 heterocycles. The average molecular weight is 874 g/mol. The molecule has 0 radical (unpaired) electrons. The highest BCUT2D eigenvalue weighted by Gasteiger charge is 2.43. The first-order valence-electron chi connectivity index (χ1n) is 21.4. The summed E-state index contributed by atoms with van der Waals surface area (Å²) in [4.78, 5) is 83.8. The maximum absolute atomic E-state index is 14.6. The number of ketones is 2. The van der Waals surface area contributed by atoms with Crippen molar-refractivity contribution in [2.45, 2.75) is 117 Å². The molecule has 340 valence electrons. The van der Waals surface area contributed by atoms with Crippen molar-refractivity contribution in [2.75, 3.05) is 32.2 Å². The number of benzene rings is 3. The Morgan fingerprint density at radius 2 is 1.00 bits per heavy atom. The molecule has 0 spiro atoms. The Morgan fingerprint density at radius 1 is 0.619 bits per heavy atom. The molecule has 13 nitrogen and oxygen atoms in total. The Bertz CT molecular complexity index is 2010. The fourth-order valence-corrected chi connectivity index (χ4v) is 8.24. The zero-order chi connectivity index (χ0) is 46.2. The second-order valence-corrected chi connectivity index (χ2v) is 18.6. The van der Waals surface area contributed by atoms with Crippen LogP contribution in [0, 0.1) is 22.5 Å². The van der Waals surface area contributed by atoms with Gasteiger partial charge in [-0.05, 0) is 70.9 Å². The molecule has 4 atom stereocenters. The molecule has 5 rings (SSSR count). The lowest BCUT2D eigenvalue weighted by Gasteiger charge is -2.35. The van der Waals surface area contributed by atoms with Crippen LogP contribution in [0.4, 0.5) is 24.1 Å². The second-order valence-electron chi connectivity index (χ2n) is 18.6. The number of carbonyl (C=O) groups excluding carboxylic acids is 6. The van der Waals surface area contributed by atoms with Gasteiger partial charge in [-0.3, -0.25) is 19.2 Å². The number of nitrogens with zero attached hydrogens (tertiary/aromatic N) is 3.